The summed E-state index contributed by atoms with van der Waals surface area (Å²) in [7, 11) is 3.84. The summed E-state index contributed by atoms with van der Waals surface area (Å²) in [6.45, 7) is 8.31. The van der Waals surface area contributed by atoms with Gasteiger partial charge >= 0.3 is 0 Å². The van der Waals surface area contributed by atoms with Gasteiger partial charge in [0, 0.05) is 12.5 Å². The molecule has 136 valence electrons. The topological polar surface area (TPSA) is 62.5 Å². The van der Waals surface area contributed by atoms with Crippen LogP contribution in [0, 0.1) is 6.92 Å². The number of rotatable bonds is 7. The summed E-state index contributed by atoms with van der Waals surface area (Å²) >= 11 is 0. The van der Waals surface area contributed by atoms with Crippen molar-refractivity contribution in [3.05, 3.63) is 47.2 Å². The molecular weight excluding hydrogens is 316 g/mol. The first-order chi connectivity index (χ1) is 11.8. The van der Waals surface area contributed by atoms with Crippen LogP contribution in [0.25, 0.3) is 0 Å². The van der Waals surface area contributed by atoms with Crippen molar-refractivity contribution < 1.29 is 9.21 Å². The summed E-state index contributed by atoms with van der Waals surface area (Å²) in [4.78, 5) is 17.0. The molecule has 0 aliphatic rings. The van der Waals surface area contributed by atoms with Crippen LogP contribution in [0.3, 0.4) is 0 Å². The van der Waals surface area contributed by atoms with E-state index in [2.05, 4.69) is 16.3 Å². The zero-order valence-corrected chi connectivity index (χ0v) is 16.0. The summed E-state index contributed by atoms with van der Waals surface area (Å²) in [5.74, 6) is 1.09. The van der Waals surface area contributed by atoms with Crippen molar-refractivity contribution in [2.75, 3.05) is 14.1 Å². The molecule has 1 atom stereocenters. The van der Waals surface area contributed by atoms with E-state index in [1.165, 1.54) is 0 Å². The molecule has 6 nitrogen and oxygen atoms in total. The summed E-state index contributed by atoms with van der Waals surface area (Å²) in [5, 5.41) is 8.05. The fourth-order valence-electron chi connectivity index (χ4n) is 2.81. The molecule has 1 heterocycles. The predicted octanol–water partition coefficient (Wildman–Crippen LogP) is 2.98. The molecule has 0 bridgehead atoms. The monoisotopic (exact) mass is 344 g/mol. The lowest BCUT2D eigenvalue weighted by Gasteiger charge is -2.32. The average molecular weight is 344 g/mol. The zero-order chi connectivity index (χ0) is 18.6. The van der Waals surface area contributed by atoms with Crippen LogP contribution >= 0.6 is 0 Å². The number of hydrogen-bond acceptors (Lipinski definition) is 5. The zero-order valence-electron chi connectivity index (χ0n) is 16.0. The second kappa shape index (κ2) is 8.25. The van der Waals surface area contributed by atoms with E-state index in [1.54, 1.807) is 4.90 Å². The van der Waals surface area contributed by atoms with E-state index in [4.69, 9.17) is 4.42 Å². The van der Waals surface area contributed by atoms with E-state index in [0.29, 0.717) is 24.7 Å². The molecule has 0 unspecified atom stereocenters. The number of carbonyl (C=O) groups excluding carboxylic acids is 1. The van der Waals surface area contributed by atoms with E-state index in [9.17, 15) is 4.79 Å². The molecule has 0 saturated heterocycles. The van der Waals surface area contributed by atoms with Gasteiger partial charge in [0.25, 0.3) is 0 Å². The normalized spacial score (nSPS) is 12.6. The SMILES string of the molecule is CCc1nnc(CN(C(=O)[C@H](c2cccc(C)c2)N(C)C)C(C)C)o1. The maximum absolute atomic E-state index is 13.3. The van der Waals surface area contributed by atoms with Crippen molar-refractivity contribution in [2.24, 2.45) is 0 Å². The standard InChI is InChI=1S/C19H28N4O2/c1-7-16-20-21-17(25-16)12-23(13(2)3)19(24)18(22(5)6)15-10-8-9-14(4)11-15/h8-11,13,18H,7,12H2,1-6H3/t18-/m0/s1. The van der Waals surface area contributed by atoms with Crippen molar-refractivity contribution in [1.29, 1.82) is 0 Å². The second-order valence-electron chi connectivity index (χ2n) is 6.78. The number of hydrogen-bond donors (Lipinski definition) is 0. The molecule has 0 aliphatic heterocycles. The van der Waals surface area contributed by atoms with Crippen LogP contribution in [0.5, 0.6) is 0 Å². The van der Waals surface area contributed by atoms with E-state index in [-0.39, 0.29) is 18.0 Å². The number of carbonyl (C=O) groups is 1. The van der Waals surface area contributed by atoms with Gasteiger partial charge in [-0.1, -0.05) is 36.8 Å². The minimum atomic E-state index is -0.351. The second-order valence-corrected chi connectivity index (χ2v) is 6.78. The number of amides is 1. The Morgan fingerprint density at radius 2 is 1.88 bits per heavy atom. The Balaban J connectivity index is 2.29. The highest BCUT2D eigenvalue weighted by Gasteiger charge is 2.30. The predicted molar refractivity (Wildman–Crippen MR) is 97.0 cm³/mol. The fraction of sp³-hybridized carbons (Fsp3) is 0.526. The molecule has 0 spiro atoms. The molecule has 1 aromatic heterocycles. The highest BCUT2D eigenvalue weighted by Crippen LogP contribution is 2.24. The first-order valence-corrected chi connectivity index (χ1v) is 8.68. The van der Waals surface area contributed by atoms with Gasteiger partial charge in [-0.05, 0) is 40.4 Å². The van der Waals surface area contributed by atoms with Gasteiger partial charge in [0.05, 0.1) is 6.54 Å². The number of aryl methyl sites for hydroxylation is 2. The molecule has 6 heteroatoms. The van der Waals surface area contributed by atoms with Crippen LogP contribution in [0.2, 0.25) is 0 Å². The van der Waals surface area contributed by atoms with Gasteiger partial charge in [-0.25, -0.2) is 0 Å². The van der Waals surface area contributed by atoms with Crippen molar-refractivity contribution >= 4 is 5.91 Å². The molecule has 2 aromatic rings. The maximum atomic E-state index is 13.3. The summed E-state index contributed by atoms with van der Waals surface area (Å²) in [5.41, 5.74) is 2.12. The molecular formula is C19H28N4O2. The lowest BCUT2D eigenvalue weighted by atomic mass is 10.0. The third-order valence-corrected chi connectivity index (χ3v) is 4.13. The van der Waals surface area contributed by atoms with Crippen molar-refractivity contribution in [3.8, 4) is 0 Å². The largest absolute Gasteiger partial charge is 0.423 e. The Morgan fingerprint density at radius 3 is 2.40 bits per heavy atom. The van der Waals surface area contributed by atoms with Gasteiger partial charge in [-0.3, -0.25) is 9.69 Å². The maximum Gasteiger partial charge on any atom is 0.245 e. The van der Waals surface area contributed by atoms with Crippen LogP contribution in [0.4, 0.5) is 0 Å². The average Bonchev–Trinajstić information content (AvgIpc) is 3.00. The van der Waals surface area contributed by atoms with Gasteiger partial charge < -0.3 is 9.32 Å². The van der Waals surface area contributed by atoms with Crippen LogP contribution in [-0.4, -0.2) is 46.0 Å². The molecule has 0 saturated carbocycles. The van der Waals surface area contributed by atoms with Crippen molar-refractivity contribution in [1.82, 2.24) is 20.0 Å². The molecule has 1 amide bonds. The minimum absolute atomic E-state index is 0.0248. The van der Waals surface area contributed by atoms with Crippen LogP contribution in [-0.2, 0) is 17.8 Å². The van der Waals surface area contributed by atoms with Gasteiger partial charge in [0.1, 0.15) is 6.04 Å². The highest BCUT2D eigenvalue weighted by molar-refractivity contribution is 5.83. The van der Waals surface area contributed by atoms with Crippen LogP contribution < -0.4 is 0 Å². The van der Waals surface area contributed by atoms with Gasteiger partial charge in [0.2, 0.25) is 17.7 Å². The van der Waals surface area contributed by atoms with E-state index < -0.39 is 0 Å². The van der Waals surface area contributed by atoms with Gasteiger partial charge in [0.15, 0.2) is 0 Å². The number of benzene rings is 1. The Labute approximate surface area is 149 Å². The van der Waals surface area contributed by atoms with E-state index >= 15 is 0 Å². The number of likely N-dealkylation sites (N-methyl/N-ethyl adjacent to an activating group) is 1. The molecule has 25 heavy (non-hydrogen) atoms. The molecule has 0 fully saturated rings. The smallest absolute Gasteiger partial charge is 0.245 e. The summed E-state index contributed by atoms with van der Waals surface area (Å²) in [6.07, 6.45) is 0.687. The van der Waals surface area contributed by atoms with Crippen molar-refractivity contribution in [2.45, 2.75) is 52.7 Å². The van der Waals surface area contributed by atoms with Crippen LogP contribution in [0.15, 0.2) is 28.7 Å². The Hall–Kier alpha value is -2.21. The Kier molecular flexibility index (Phi) is 6.31. The minimum Gasteiger partial charge on any atom is -0.423 e. The Bertz CT molecular complexity index is 709. The lowest BCUT2D eigenvalue weighted by molar-refractivity contribution is -0.139. The Morgan fingerprint density at radius 1 is 1.20 bits per heavy atom. The molecule has 1 aromatic carbocycles. The van der Waals surface area contributed by atoms with E-state index in [1.807, 2.05) is 64.9 Å². The van der Waals surface area contributed by atoms with Crippen molar-refractivity contribution in [3.63, 3.8) is 0 Å². The molecule has 0 N–H and O–H groups in total. The quantitative estimate of drug-likeness (QED) is 0.773. The third kappa shape index (κ3) is 4.66. The first kappa shape index (κ1) is 19.1. The number of aromatic nitrogens is 2. The lowest BCUT2D eigenvalue weighted by Crippen LogP contribution is -2.43. The summed E-state index contributed by atoms with van der Waals surface area (Å²) < 4.78 is 5.60. The summed E-state index contributed by atoms with van der Waals surface area (Å²) in [6, 6.07) is 7.75. The molecule has 0 aliphatic carbocycles. The molecule has 0 radical (unpaired) electrons. The van der Waals surface area contributed by atoms with Gasteiger partial charge in [-0.2, -0.15) is 0 Å². The first-order valence-electron chi connectivity index (χ1n) is 8.68. The van der Waals surface area contributed by atoms with Crippen LogP contribution in [0.1, 0.15) is 49.7 Å². The number of nitrogens with zero attached hydrogens (tertiary/aromatic N) is 4. The highest BCUT2D eigenvalue weighted by atomic mass is 16.4. The third-order valence-electron chi connectivity index (χ3n) is 4.13. The molecule has 2 rings (SSSR count). The fourth-order valence-corrected chi connectivity index (χ4v) is 2.81. The van der Waals surface area contributed by atoms with E-state index in [0.717, 1.165) is 11.1 Å². The van der Waals surface area contributed by atoms with Gasteiger partial charge in [-0.15, -0.1) is 10.2 Å².